The Kier molecular flexibility index (Phi) is 3.10. The molecule has 4 nitrogen and oxygen atoms in total. The topological polar surface area (TPSA) is 43.6 Å². The third kappa shape index (κ3) is 2.34. The number of allylic oxidation sites excluding steroid dienone is 1. The molecular weight excluding hydrogens is 200 g/mol. The Morgan fingerprint density at radius 3 is 2.88 bits per heavy atom. The van der Waals surface area contributed by atoms with Gasteiger partial charge in [-0.05, 0) is 25.5 Å². The van der Waals surface area contributed by atoms with Crippen LogP contribution in [0.15, 0.2) is 31.0 Å². The van der Waals surface area contributed by atoms with Crippen molar-refractivity contribution in [1.82, 2.24) is 19.7 Å². The molecule has 0 amide bonds. The molecule has 0 N–H and O–H groups in total. The van der Waals surface area contributed by atoms with Gasteiger partial charge in [-0.3, -0.25) is 14.6 Å². The van der Waals surface area contributed by atoms with Gasteiger partial charge in [0.1, 0.15) is 0 Å². The fourth-order valence-electron chi connectivity index (χ4n) is 1.45. The second-order valence-corrected chi connectivity index (χ2v) is 3.55. The van der Waals surface area contributed by atoms with Crippen LogP contribution in [-0.4, -0.2) is 19.7 Å². The lowest BCUT2D eigenvalue weighted by Gasteiger charge is -1.97. The molecule has 0 bridgehead atoms. The maximum Gasteiger partial charge on any atom is 0.0842 e. The minimum atomic E-state index is 0.887. The van der Waals surface area contributed by atoms with Crippen molar-refractivity contribution < 1.29 is 0 Å². The van der Waals surface area contributed by atoms with E-state index in [-0.39, 0.29) is 0 Å². The maximum atomic E-state index is 4.24. The van der Waals surface area contributed by atoms with Gasteiger partial charge in [0.25, 0.3) is 0 Å². The Labute approximate surface area is 94.7 Å². The summed E-state index contributed by atoms with van der Waals surface area (Å²) in [4.78, 5) is 8.29. The second-order valence-electron chi connectivity index (χ2n) is 3.55. The number of rotatable bonds is 3. The predicted octanol–water partition coefficient (Wildman–Crippen LogP) is 2.25. The molecule has 0 radical (unpaired) electrons. The molecule has 82 valence electrons. The van der Waals surface area contributed by atoms with Crippen LogP contribution in [0.1, 0.15) is 25.1 Å². The lowest BCUT2D eigenvalue weighted by Crippen LogP contribution is -1.92. The number of nitrogens with zero attached hydrogens (tertiary/aromatic N) is 4. The van der Waals surface area contributed by atoms with Crippen LogP contribution < -0.4 is 0 Å². The molecule has 0 atom stereocenters. The number of aryl methyl sites for hydroxylation is 1. The van der Waals surface area contributed by atoms with Crippen molar-refractivity contribution in [3.63, 3.8) is 0 Å². The van der Waals surface area contributed by atoms with Gasteiger partial charge in [0.15, 0.2) is 0 Å². The zero-order chi connectivity index (χ0) is 11.4. The van der Waals surface area contributed by atoms with Crippen LogP contribution in [0.3, 0.4) is 0 Å². The van der Waals surface area contributed by atoms with Crippen molar-refractivity contribution in [3.8, 4) is 0 Å². The largest absolute Gasteiger partial charge is 0.272 e. The molecule has 0 spiro atoms. The van der Waals surface area contributed by atoms with Gasteiger partial charge in [0.05, 0.1) is 18.1 Å². The van der Waals surface area contributed by atoms with E-state index in [1.807, 2.05) is 24.0 Å². The first-order valence-electron chi connectivity index (χ1n) is 5.26. The average molecular weight is 214 g/mol. The van der Waals surface area contributed by atoms with Gasteiger partial charge in [-0.25, -0.2) is 0 Å². The highest BCUT2D eigenvalue weighted by atomic mass is 15.3. The first-order chi connectivity index (χ1) is 7.79. The van der Waals surface area contributed by atoms with Gasteiger partial charge in [0.2, 0.25) is 0 Å². The van der Waals surface area contributed by atoms with Crippen molar-refractivity contribution in [3.05, 3.63) is 42.2 Å². The van der Waals surface area contributed by atoms with E-state index >= 15 is 0 Å². The highest BCUT2D eigenvalue weighted by molar-refractivity contribution is 5.77. The van der Waals surface area contributed by atoms with Gasteiger partial charge in [0, 0.05) is 30.7 Å². The molecule has 0 saturated heterocycles. The lowest BCUT2D eigenvalue weighted by molar-refractivity contribution is 0.660. The zero-order valence-electron chi connectivity index (χ0n) is 9.46. The van der Waals surface area contributed by atoms with E-state index < -0.39 is 0 Å². The Hall–Kier alpha value is -1.97. The predicted molar refractivity (Wildman–Crippen MR) is 63.5 cm³/mol. The van der Waals surface area contributed by atoms with Gasteiger partial charge in [-0.15, -0.1) is 0 Å². The van der Waals surface area contributed by atoms with E-state index in [1.165, 1.54) is 0 Å². The summed E-state index contributed by atoms with van der Waals surface area (Å²) in [5.41, 5.74) is 3.07. The van der Waals surface area contributed by atoms with Crippen LogP contribution in [0, 0.1) is 0 Å². The molecule has 0 aliphatic heterocycles. The normalized spacial score (nSPS) is 11.8. The first-order valence-corrected chi connectivity index (χ1v) is 5.26. The number of aromatic nitrogens is 4. The Bertz CT molecular complexity index is 485. The quantitative estimate of drug-likeness (QED) is 0.787. The third-order valence-electron chi connectivity index (χ3n) is 2.33. The second kappa shape index (κ2) is 4.70. The van der Waals surface area contributed by atoms with Gasteiger partial charge in [-0.2, -0.15) is 5.10 Å². The molecule has 0 aliphatic carbocycles. The van der Waals surface area contributed by atoms with Crippen molar-refractivity contribution in [2.75, 3.05) is 0 Å². The van der Waals surface area contributed by atoms with Crippen LogP contribution in [-0.2, 0) is 6.54 Å². The Balaban J connectivity index is 2.24. The molecule has 2 rings (SSSR count). The summed E-state index contributed by atoms with van der Waals surface area (Å²) >= 11 is 0. The molecule has 0 saturated carbocycles. The summed E-state index contributed by atoms with van der Waals surface area (Å²) < 4.78 is 1.90. The Morgan fingerprint density at radius 1 is 1.38 bits per heavy atom. The van der Waals surface area contributed by atoms with Crippen molar-refractivity contribution in [2.24, 2.45) is 0 Å². The minimum Gasteiger partial charge on any atom is -0.272 e. The van der Waals surface area contributed by atoms with Crippen molar-refractivity contribution in [1.29, 1.82) is 0 Å². The first kappa shape index (κ1) is 10.5. The summed E-state index contributed by atoms with van der Waals surface area (Å²) in [6.45, 7) is 4.97. The minimum absolute atomic E-state index is 0.887. The van der Waals surface area contributed by atoms with Crippen LogP contribution in [0.4, 0.5) is 0 Å². The summed E-state index contributed by atoms with van der Waals surface area (Å²) in [5, 5.41) is 4.22. The molecule has 0 fully saturated rings. The summed E-state index contributed by atoms with van der Waals surface area (Å²) in [6, 6.07) is 0. The average Bonchev–Trinajstić information content (AvgIpc) is 2.78. The van der Waals surface area contributed by atoms with Crippen LogP contribution in [0.25, 0.3) is 11.6 Å². The van der Waals surface area contributed by atoms with E-state index in [4.69, 9.17) is 0 Å². The van der Waals surface area contributed by atoms with Gasteiger partial charge >= 0.3 is 0 Å². The molecule has 4 heteroatoms. The van der Waals surface area contributed by atoms with E-state index in [9.17, 15) is 0 Å². The molecule has 2 aromatic heterocycles. The highest BCUT2D eigenvalue weighted by Gasteiger charge is 1.98. The number of hydrogen-bond acceptors (Lipinski definition) is 3. The molecule has 2 heterocycles. The molecule has 2 aromatic rings. The van der Waals surface area contributed by atoms with Gasteiger partial charge in [-0.1, -0.05) is 0 Å². The lowest BCUT2D eigenvalue weighted by atomic mass is 10.1. The fourth-order valence-corrected chi connectivity index (χ4v) is 1.45. The van der Waals surface area contributed by atoms with Crippen LogP contribution >= 0.6 is 0 Å². The fraction of sp³-hybridized carbons (Fsp3) is 0.250. The zero-order valence-corrected chi connectivity index (χ0v) is 9.46. The summed E-state index contributed by atoms with van der Waals surface area (Å²) in [6.07, 6.45) is 11.1. The number of hydrogen-bond donors (Lipinski definition) is 0. The van der Waals surface area contributed by atoms with Crippen molar-refractivity contribution in [2.45, 2.75) is 20.4 Å². The maximum absolute atomic E-state index is 4.24. The standard InChI is InChI=1S/C12H14N4/c1-3-16-9-11(7-15-16)6-10(2)12-8-13-4-5-14-12/h4-9H,3H2,1-2H3/b10-6-. The molecule has 0 aromatic carbocycles. The van der Waals surface area contributed by atoms with Crippen molar-refractivity contribution >= 4 is 11.6 Å². The van der Waals surface area contributed by atoms with Gasteiger partial charge < -0.3 is 0 Å². The molecule has 0 unspecified atom stereocenters. The SMILES string of the molecule is CCn1cc(/C=C(/C)c2cnccn2)cn1. The van der Waals surface area contributed by atoms with E-state index in [2.05, 4.69) is 28.1 Å². The smallest absolute Gasteiger partial charge is 0.0842 e. The summed E-state index contributed by atoms with van der Waals surface area (Å²) in [7, 11) is 0. The monoisotopic (exact) mass is 214 g/mol. The molecule has 0 aliphatic rings. The third-order valence-corrected chi connectivity index (χ3v) is 2.33. The summed E-state index contributed by atoms with van der Waals surface area (Å²) in [5.74, 6) is 0. The van der Waals surface area contributed by atoms with E-state index in [0.29, 0.717) is 0 Å². The Morgan fingerprint density at radius 2 is 2.25 bits per heavy atom. The van der Waals surface area contributed by atoms with Crippen LogP contribution in [0.5, 0.6) is 0 Å². The van der Waals surface area contributed by atoms with E-state index in [1.54, 1.807) is 18.6 Å². The highest BCUT2D eigenvalue weighted by Crippen LogP contribution is 2.13. The molecular formula is C12H14N4. The van der Waals surface area contributed by atoms with Crippen LogP contribution in [0.2, 0.25) is 0 Å². The molecule has 16 heavy (non-hydrogen) atoms. The van der Waals surface area contributed by atoms with E-state index in [0.717, 1.165) is 23.4 Å².